The standard InChI is InChI=1S/C8H9F3N2O/c1-5-7(14-8(9,10)11)2-6(3-12)4-13-5/h2,4H,3,12H2,1H3. The Balaban J connectivity index is 2.95. The molecule has 0 aliphatic carbocycles. The van der Waals surface area contributed by atoms with Gasteiger partial charge in [0.2, 0.25) is 0 Å². The predicted octanol–water partition coefficient (Wildman–Crippen LogP) is 1.75. The Morgan fingerprint density at radius 2 is 2.14 bits per heavy atom. The van der Waals surface area contributed by atoms with E-state index in [0.717, 1.165) is 0 Å². The summed E-state index contributed by atoms with van der Waals surface area (Å²) in [5.74, 6) is -0.305. The van der Waals surface area contributed by atoms with E-state index in [1.54, 1.807) is 0 Å². The quantitative estimate of drug-likeness (QED) is 0.801. The first-order valence-corrected chi connectivity index (χ1v) is 3.83. The van der Waals surface area contributed by atoms with Crippen molar-refractivity contribution in [1.29, 1.82) is 0 Å². The number of nitrogens with zero attached hydrogens (tertiary/aromatic N) is 1. The molecule has 0 aliphatic heterocycles. The number of rotatable bonds is 2. The molecule has 0 saturated carbocycles. The van der Waals surface area contributed by atoms with E-state index in [1.165, 1.54) is 19.2 Å². The Morgan fingerprint density at radius 1 is 1.50 bits per heavy atom. The van der Waals surface area contributed by atoms with Crippen LogP contribution < -0.4 is 10.5 Å². The molecule has 1 heterocycles. The van der Waals surface area contributed by atoms with E-state index in [2.05, 4.69) is 9.72 Å². The van der Waals surface area contributed by atoms with Crippen molar-refractivity contribution in [3.63, 3.8) is 0 Å². The van der Waals surface area contributed by atoms with Crippen LogP contribution >= 0.6 is 0 Å². The van der Waals surface area contributed by atoms with Crippen molar-refractivity contribution < 1.29 is 17.9 Å². The molecule has 0 radical (unpaired) electrons. The van der Waals surface area contributed by atoms with E-state index in [-0.39, 0.29) is 18.0 Å². The van der Waals surface area contributed by atoms with Crippen LogP contribution in [0.15, 0.2) is 12.3 Å². The van der Waals surface area contributed by atoms with Crippen LogP contribution in [-0.2, 0) is 6.54 Å². The first-order chi connectivity index (χ1) is 6.42. The van der Waals surface area contributed by atoms with Crippen molar-refractivity contribution >= 4 is 0 Å². The zero-order valence-electron chi connectivity index (χ0n) is 7.43. The number of halogens is 3. The second kappa shape index (κ2) is 3.83. The molecule has 0 bridgehead atoms. The average Bonchev–Trinajstić information content (AvgIpc) is 2.06. The number of aryl methyl sites for hydroxylation is 1. The summed E-state index contributed by atoms with van der Waals surface area (Å²) in [5, 5.41) is 0. The number of alkyl halides is 3. The second-order valence-electron chi connectivity index (χ2n) is 2.68. The molecule has 0 fully saturated rings. The fraction of sp³-hybridized carbons (Fsp3) is 0.375. The van der Waals surface area contributed by atoms with E-state index in [1.807, 2.05) is 0 Å². The van der Waals surface area contributed by atoms with Crippen molar-refractivity contribution in [2.45, 2.75) is 19.8 Å². The summed E-state index contributed by atoms with van der Waals surface area (Å²) in [7, 11) is 0. The number of hydrogen-bond acceptors (Lipinski definition) is 3. The van der Waals surface area contributed by atoms with Gasteiger partial charge in [0.1, 0.15) is 0 Å². The maximum atomic E-state index is 11.9. The summed E-state index contributed by atoms with van der Waals surface area (Å²) in [6, 6.07) is 1.23. The van der Waals surface area contributed by atoms with Crippen LogP contribution in [-0.4, -0.2) is 11.3 Å². The molecule has 0 saturated heterocycles. The minimum atomic E-state index is -4.69. The van der Waals surface area contributed by atoms with E-state index >= 15 is 0 Å². The first kappa shape index (κ1) is 10.8. The maximum absolute atomic E-state index is 11.9. The fourth-order valence-corrected chi connectivity index (χ4v) is 0.893. The molecule has 0 atom stereocenters. The van der Waals surface area contributed by atoms with Crippen molar-refractivity contribution in [1.82, 2.24) is 4.98 Å². The molecule has 78 valence electrons. The van der Waals surface area contributed by atoms with Gasteiger partial charge in [-0.25, -0.2) is 0 Å². The molecule has 2 N–H and O–H groups in total. The maximum Gasteiger partial charge on any atom is 0.573 e. The monoisotopic (exact) mass is 206 g/mol. The molecule has 1 aromatic heterocycles. The Bertz CT molecular complexity index is 325. The molecular formula is C8H9F3N2O. The van der Waals surface area contributed by atoms with Gasteiger partial charge in [-0.15, -0.1) is 13.2 Å². The molecule has 14 heavy (non-hydrogen) atoms. The highest BCUT2D eigenvalue weighted by atomic mass is 19.4. The molecule has 1 rings (SSSR count). The highest BCUT2D eigenvalue weighted by Crippen LogP contribution is 2.25. The lowest BCUT2D eigenvalue weighted by Gasteiger charge is -2.11. The topological polar surface area (TPSA) is 48.1 Å². The van der Waals surface area contributed by atoms with Gasteiger partial charge < -0.3 is 10.5 Å². The van der Waals surface area contributed by atoms with Gasteiger partial charge in [0.05, 0.1) is 5.69 Å². The second-order valence-corrected chi connectivity index (χ2v) is 2.68. The number of pyridine rings is 1. The number of aromatic nitrogens is 1. The van der Waals surface area contributed by atoms with Crippen molar-refractivity contribution in [3.8, 4) is 5.75 Å². The van der Waals surface area contributed by atoms with Gasteiger partial charge in [-0.2, -0.15) is 0 Å². The lowest BCUT2D eigenvalue weighted by molar-refractivity contribution is -0.275. The fourth-order valence-electron chi connectivity index (χ4n) is 0.893. The molecule has 0 amide bonds. The summed E-state index contributed by atoms with van der Waals surface area (Å²) < 4.78 is 39.4. The summed E-state index contributed by atoms with van der Waals surface area (Å²) in [6.07, 6.45) is -3.28. The Morgan fingerprint density at radius 3 is 2.64 bits per heavy atom. The van der Waals surface area contributed by atoms with Crippen LogP contribution in [0.25, 0.3) is 0 Å². The van der Waals surface area contributed by atoms with E-state index in [9.17, 15) is 13.2 Å². The lowest BCUT2D eigenvalue weighted by Crippen LogP contribution is -2.18. The number of ether oxygens (including phenoxy) is 1. The first-order valence-electron chi connectivity index (χ1n) is 3.83. The average molecular weight is 206 g/mol. The van der Waals surface area contributed by atoms with Crippen LogP contribution in [0.3, 0.4) is 0 Å². The Labute approximate surface area is 78.7 Å². The smallest absolute Gasteiger partial charge is 0.404 e. The van der Waals surface area contributed by atoms with Gasteiger partial charge in [0, 0.05) is 12.7 Å². The predicted molar refractivity (Wildman–Crippen MR) is 43.5 cm³/mol. The molecule has 6 heteroatoms. The van der Waals surface area contributed by atoms with Gasteiger partial charge in [0.25, 0.3) is 0 Å². The van der Waals surface area contributed by atoms with Gasteiger partial charge >= 0.3 is 6.36 Å². The van der Waals surface area contributed by atoms with Crippen molar-refractivity contribution in [3.05, 3.63) is 23.5 Å². The molecule has 0 aromatic carbocycles. The SMILES string of the molecule is Cc1ncc(CN)cc1OC(F)(F)F. The third-order valence-electron chi connectivity index (χ3n) is 1.56. The van der Waals surface area contributed by atoms with E-state index < -0.39 is 6.36 Å². The molecule has 0 spiro atoms. The molecule has 1 aromatic rings. The molecular weight excluding hydrogens is 197 g/mol. The van der Waals surface area contributed by atoms with Gasteiger partial charge in [-0.05, 0) is 18.6 Å². The summed E-state index contributed by atoms with van der Waals surface area (Å²) in [5.41, 5.74) is 5.93. The Hall–Kier alpha value is -1.30. The van der Waals surface area contributed by atoms with Gasteiger partial charge in [-0.3, -0.25) is 4.98 Å². The summed E-state index contributed by atoms with van der Waals surface area (Å²) >= 11 is 0. The number of hydrogen-bond donors (Lipinski definition) is 1. The van der Waals surface area contributed by atoms with Crippen LogP contribution in [0.1, 0.15) is 11.3 Å². The van der Waals surface area contributed by atoms with E-state index in [0.29, 0.717) is 5.56 Å². The van der Waals surface area contributed by atoms with Crippen molar-refractivity contribution in [2.24, 2.45) is 5.73 Å². The zero-order valence-corrected chi connectivity index (χ0v) is 7.43. The van der Waals surface area contributed by atoms with Gasteiger partial charge in [0.15, 0.2) is 5.75 Å². The van der Waals surface area contributed by atoms with Crippen molar-refractivity contribution in [2.75, 3.05) is 0 Å². The molecule has 3 nitrogen and oxygen atoms in total. The summed E-state index contributed by atoms with van der Waals surface area (Å²) in [6.45, 7) is 1.56. The molecule has 0 unspecified atom stereocenters. The normalized spacial score (nSPS) is 11.5. The third kappa shape index (κ3) is 2.88. The van der Waals surface area contributed by atoms with Crippen LogP contribution in [0.5, 0.6) is 5.75 Å². The minimum Gasteiger partial charge on any atom is -0.404 e. The number of nitrogens with two attached hydrogens (primary N) is 1. The van der Waals surface area contributed by atoms with Crippen LogP contribution in [0.2, 0.25) is 0 Å². The minimum absolute atomic E-state index is 0.126. The molecule has 0 aliphatic rings. The summed E-state index contributed by atoms with van der Waals surface area (Å²) in [4.78, 5) is 3.73. The zero-order chi connectivity index (χ0) is 10.8. The third-order valence-corrected chi connectivity index (χ3v) is 1.56. The highest BCUT2D eigenvalue weighted by molar-refractivity contribution is 5.30. The van der Waals surface area contributed by atoms with Crippen LogP contribution in [0, 0.1) is 6.92 Å². The lowest BCUT2D eigenvalue weighted by atomic mass is 10.2. The Kier molecular flexibility index (Phi) is 2.95. The largest absolute Gasteiger partial charge is 0.573 e. The van der Waals surface area contributed by atoms with Crippen LogP contribution in [0.4, 0.5) is 13.2 Å². The van der Waals surface area contributed by atoms with Gasteiger partial charge in [-0.1, -0.05) is 0 Å². The van der Waals surface area contributed by atoms with E-state index in [4.69, 9.17) is 5.73 Å². The highest BCUT2D eigenvalue weighted by Gasteiger charge is 2.32.